The van der Waals surface area contributed by atoms with Crippen LogP contribution in [0.15, 0.2) is 140 Å². The van der Waals surface area contributed by atoms with Crippen LogP contribution in [0.4, 0.5) is 17.1 Å². The minimum Gasteiger partial charge on any atom is -0.493 e. The molecule has 0 bridgehead atoms. The second-order valence-corrected chi connectivity index (χ2v) is 13.6. The average Bonchev–Trinajstić information content (AvgIpc) is 3.13. The van der Waals surface area contributed by atoms with Crippen LogP contribution >= 0.6 is 39.5 Å². The van der Waals surface area contributed by atoms with E-state index in [0.29, 0.717) is 32.8 Å². The van der Waals surface area contributed by atoms with Crippen molar-refractivity contribution in [3.63, 3.8) is 0 Å². The van der Waals surface area contributed by atoms with Crippen molar-refractivity contribution in [2.24, 2.45) is 0 Å². The molecule has 5 aromatic carbocycles. The van der Waals surface area contributed by atoms with Crippen LogP contribution in [0.2, 0.25) is 0 Å². The Hall–Kier alpha value is -4.97. The van der Waals surface area contributed by atoms with Gasteiger partial charge in [-0.15, -0.1) is 11.8 Å². The highest BCUT2D eigenvalue weighted by Crippen LogP contribution is 2.48. The number of nitrogens with one attached hydrogen (secondary N) is 2. The smallest absolute Gasteiger partial charge is 0.272 e. The third-order valence-electron chi connectivity index (χ3n) is 7.49. The maximum absolute atomic E-state index is 13.6. The maximum Gasteiger partial charge on any atom is 0.272 e. The average molecular weight is 753 g/mol. The van der Waals surface area contributed by atoms with E-state index in [1.165, 1.54) is 26.0 Å². The van der Waals surface area contributed by atoms with Crippen molar-refractivity contribution in [2.45, 2.75) is 14.7 Å². The summed E-state index contributed by atoms with van der Waals surface area (Å²) in [7, 11) is 3.05. The Morgan fingerprint density at radius 2 is 1.39 bits per heavy atom. The molecule has 49 heavy (non-hydrogen) atoms. The highest BCUT2D eigenvalue weighted by Gasteiger charge is 2.27. The van der Waals surface area contributed by atoms with E-state index in [0.717, 1.165) is 26.1 Å². The monoisotopic (exact) mass is 751 g/mol. The van der Waals surface area contributed by atoms with Gasteiger partial charge >= 0.3 is 0 Å². The van der Waals surface area contributed by atoms with E-state index < -0.39 is 11.8 Å². The van der Waals surface area contributed by atoms with Gasteiger partial charge in [0.15, 0.2) is 11.5 Å². The number of anilines is 3. The quantitative estimate of drug-likeness (QED) is 0.109. The van der Waals surface area contributed by atoms with Crippen LogP contribution in [-0.2, 0) is 9.59 Å². The zero-order valence-electron chi connectivity index (χ0n) is 26.4. The summed E-state index contributed by atoms with van der Waals surface area (Å²) in [5, 5.41) is 5.63. The normalized spacial score (nSPS) is 12.0. The molecule has 0 atom stereocenters. The number of amides is 3. The lowest BCUT2D eigenvalue weighted by Crippen LogP contribution is -2.30. The van der Waals surface area contributed by atoms with Crippen molar-refractivity contribution in [3.8, 4) is 11.5 Å². The second-order valence-electron chi connectivity index (χ2n) is 10.6. The fourth-order valence-electron chi connectivity index (χ4n) is 5.09. The molecule has 2 N–H and O–H groups in total. The standard InChI is InChI=1S/C38H30BrN3O5S2/c1-46-32-21-25(28(39)22-33(32)47-2)20-29(41-37(44)24-10-4-3-5-11-24)38(45)40-26-16-18-27(19-17-26)48-23-36(43)42-30-12-6-8-14-34(30)49-35-15-9-7-13-31(35)42/h3-22H,23H2,1-2H3,(H,40,45)(H,41,44). The maximum atomic E-state index is 13.6. The topological polar surface area (TPSA) is 97.0 Å². The predicted molar refractivity (Wildman–Crippen MR) is 199 cm³/mol. The molecule has 3 amide bonds. The van der Waals surface area contributed by atoms with E-state index in [9.17, 15) is 14.4 Å². The van der Waals surface area contributed by atoms with Gasteiger partial charge in [0.2, 0.25) is 5.91 Å². The van der Waals surface area contributed by atoms with Crippen LogP contribution in [0.25, 0.3) is 6.08 Å². The van der Waals surface area contributed by atoms with Gasteiger partial charge in [0, 0.05) is 30.4 Å². The molecule has 1 aliphatic rings. The number of hydrogen-bond donors (Lipinski definition) is 2. The van der Waals surface area contributed by atoms with Gasteiger partial charge in [-0.05, 0) is 84.4 Å². The number of fused-ring (bicyclic) bond motifs is 2. The molecule has 0 unspecified atom stereocenters. The van der Waals surface area contributed by atoms with Crippen LogP contribution in [0.1, 0.15) is 15.9 Å². The van der Waals surface area contributed by atoms with Gasteiger partial charge in [0.05, 0.1) is 31.3 Å². The van der Waals surface area contributed by atoms with Gasteiger partial charge in [0.1, 0.15) is 5.70 Å². The molecule has 0 spiro atoms. The molecule has 8 nitrogen and oxygen atoms in total. The van der Waals surface area contributed by atoms with Gasteiger partial charge in [-0.2, -0.15) is 0 Å². The van der Waals surface area contributed by atoms with Crippen molar-refractivity contribution in [1.29, 1.82) is 0 Å². The molecule has 11 heteroatoms. The van der Waals surface area contributed by atoms with Crippen LogP contribution in [0.3, 0.4) is 0 Å². The van der Waals surface area contributed by atoms with Crippen LogP contribution < -0.4 is 25.0 Å². The van der Waals surface area contributed by atoms with Gasteiger partial charge in [-0.25, -0.2) is 0 Å². The third-order valence-corrected chi connectivity index (χ3v) is 10.3. The van der Waals surface area contributed by atoms with Crippen LogP contribution in [0, 0.1) is 0 Å². The number of nitrogens with zero attached hydrogens (tertiary/aromatic N) is 1. The van der Waals surface area contributed by atoms with E-state index in [2.05, 4.69) is 26.6 Å². The SMILES string of the molecule is COc1cc(Br)c(C=C(NC(=O)c2ccccc2)C(=O)Nc2ccc(SCC(=O)N3c4ccccc4Sc4ccccc43)cc2)cc1OC. The first-order valence-corrected chi connectivity index (χ1v) is 17.7. The number of methoxy groups -OCH3 is 2. The van der Waals surface area contributed by atoms with Crippen molar-refractivity contribution in [3.05, 3.63) is 137 Å². The largest absolute Gasteiger partial charge is 0.493 e. The first-order valence-electron chi connectivity index (χ1n) is 15.1. The van der Waals surface area contributed by atoms with Gasteiger partial charge in [-0.1, -0.05) is 70.2 Å². The van der Waals surface area contributed by atoms with Crippen molar-refractivity contribution < 1.29 is 23.9 Å². The Labute approximate surface area is 301 Å². The summed E-state index contributed by atoms with van der Waals surface area (Å²) in [6, 6.07) is 35.1. The summed E-state index contributed by atoms with van der Waals surface area (Å²) in [5.41, 5.74) is 3.27. The number of thioether (sulfide) groups is 1. The van der Waals surface area contributed by atoms with Crippen molar-refractivity contribution in [1.82, 2.24) is 5.32 Å². The molecule has 0 aromatic heterocycles. The van der Waals surface area contributed by atoms with E-state index in [-0.39, 0.29) is 17.4 Å². The Morgan fingerprint density at radius 3 is 2.02 bits per heavy atom. The highest BCUT2D eigenvalue weighted by molar-refractivity contribution is 9.10. The van der Waals surface area contributed by atoms with Gasteiger partial charge in [-0.3, -0.25) is 19.3 Å². The van der Waals surface area contributed by atoms with E-state index in [1.807, 2.05) is 66.7 Å². The number of benzene rings is 5. The minimum atomic E-state index is -0.526. The van der Waals surface area contributed by atoms with Crippen LogP contribution in [-0.4, -0.2) is 37.7 Å². The highest BCUT2D eigenvalue weighted by atomic mass is 79.9. The summed E-state index contributed by atoms with van der Waals surface area (Å²) in [4.78, 5) is 45.1. The van der Waals surface area contributed by atoms with Crippen LogP contribution in [0.5, 0.6) is 11.5 Å². The molecule has 0 radical (unpaired) electrons. The number of hydrogen-bond acceptors (Lipinski definition) is 7. The van der Waals surface area contributed by atoms with E-state index >= 15 is 0 Å². The summed E-state index contributed by atoms with van der Waals surface area (Å²) >= 11 is 6.60. The predicted octanol–water partition coefficient (Wildman–Crippen LogP) is 8.80. The summed E-state index contributed by atoms with van der Waals surface area (Å²) in [5.74, 6) is 0.194. The number of rotatable bonds is 10. The lowest BCUT2D eigenvalue weighted by Gasteiger charge is -2.31. The van der Waals surface area contributed by atoms with E-state index in [1.54, 1.807) is 71.3 Å². The molecule has 5 aromatic rings. The molecule has 0 fully saturated rings. The second kappa shape index (κ2) is 15.5. The lowest BCUT2D eigenvalue weighted by atomic mass is 10.1. The molecule has 246 valence electrons. The fraction of sp³-hybridized carbons (Fsp3) is 0.0789. The number of para-hydroxylation sites is 2. The summed E-state index contributed by atoms with van der Waals surface area (Å²) < 4.78 is 11.5. The minimum absolute atomic E-state index is 0.0195. The zero-order valence-corrected chi connectivity index (χ0v) is 29.7. The van der Waals surface area contributed by atoms with Crippen molar-refractivity contribution >= 4 is 80.3 Å². The zero-order chi connectivity index (χ0) is 34.3. The fourth-order valence-corrected chi connectivity index (χ4v) is 7.34. The van der Waals surface area contributed by atoms with Crippen molar-refractivity contribution in [2.75, 3.05) is 30.2 Å². The molecule has 6 rings (SSSR count). The molecule has 0 aliphatic carbocycles. The molecule has 1 heterocycles. The molecule has 1 aliphatic heterocycles. The van der Waals surface area contributed by atoms with Gasteiger partial charge in [0.25, 0.3) is 11.8 Å². The first kappa shape index (κ1) is 33.9. The number of carbonyl (C=O) groups excluding carboxylic acids is 3. The Bertz CT molecular complexity index is 2010. The summed E-state index contributed by atoms with van der Waals surface area (Å²) in [6.45, 7) is 0. The lowest BCUT2D eigenvalue weighted by molar-refractivity contribution is -0.115. The number of halogens is 1. The first-order chi connectivity index (χ1) is 23.8. The van der Waals surface area contributed by atoms with E-state index in [4.69, 9.17) is 9.47 Å². The molecule has 0 saturated heterocycles. The third kappa shape index (κ3) is 7.86. The Morgan fingerprint density at radius 1 is 0.796 bits per heavy atom. The Balaban J connectivity index is 1.18. The molecule has 0 saturated carbocycles. The molecular weight excluding hydrogens is 722 g/mol. The van der Waals surface area contributed by atoms with Gasteiger partial charge < -0.3 is 20.1 Å². The number of ether oxygens (including phenoxy) is 2. The number of carbonyl (C=O) groups is 3. The molecular formula is C38H30BrN3O5S2. The Kier molecular flexibility index (Phi) is 10.7. The summed E-state index contributed by atoms with van der Waals surface area (Å²) in [6.07, 6.45) is 1.56.